The average Bonchev–Trinajstić information content (AvgIpc) is 3.09. The number of carbonyl (C=O) groups excluding carboxylic acids is 1. The number of carbonyl (C=O) groups is 1. The average molecular weight is 308 g/mol. The second-order valence-corrected chi connectivity index (χ2v) is 5.68. The molecule has 1 amide bonds. The molecular weight excluding hydrogens is 288 g/mol. The number of rotatable bonds is 5. The summed E-state index contributed by atoms with van der Waals surface area (Å²) in [6.45, 7) is 3.81. The fourth-order valence-corrected chi connectivity index (χ4v) is 2.59. The standard InChI is InChI=1S/C19H20N2O2/c1-13(18-8-5-11-23-18)20-14(2)19(22)21-17-10-9-15-6-3-4-7-16(15)12-17/h3-14,20H,1-2H3,(H,21,22)/t13-,14-/m0/s1. The van der Waals surface area contributed by atoms with Gasteiger partial charge in [-0.1, -0.05) is 30.3 Å². The van der Waals surface area contributed by atoms with Gasteiger partial charge in [0, 0.05) is 5.69 Å². The lowest BCUT2D eigenvalue weighted by atomic mass is 10.1. The van der Waals surface area contributed by atoms with Crippen molar-refractivity contribution in [1.29, 1.82) is 0 Å². The van der Waals surface area contributed by atoms with Crippen LogP contribution >= 0.6 is 0 Å². The highest BCUT2D eigenvalue weighted by atomic mass is 16.3. The Morgan fingerprint density at radius 3 is 2.52 bits per heavy atom. The Kier molecular flexibility index (Phi) is 4.44. The Balaban J connectivity index is 1.65. The van der Waals surface area contributed by atoms with Gasteiger partial charge in [0.25, 0.3) is 0 Å². The minimum absolute atomic E-state index is 0.0256. The Hall–Kier alpha value is -2.59. The first-order chi connectivity index (χ1) is 11.1. The van der Waals surface area contributed by atoms with Gasteiger partial charge in [-0.25, -0.2) is 0 Å². The largest absolute Gasteiger partial charge is 0.468 e. The summed E-state index contributed by atoms with van der Waals surface area (Å²) in [6, 6.07) is 17.4. The molecule has 0 aliphatic heterocycles. The van der Waals surface area contributed by atoms with Crippen LogP contribution in [-0.2, 0) is 4.79 Å². The molecule has 3 rings (SSSR count). The Labute approximate surface area is 135 Å². The van der Waals surface area contributed by atoms with Crippen molar-refractivity contribution in [3.63, 3.8) is 0 Å². The van der Waals surface area contributed by atoms with Crippen LogP contribution in [0.3, 0.4) is 0 Å². The maximum Gasteiger partial charge on any atom is 0.241 e. The van der Waals surface area contributed by atoms with Crippen LogP contribution in [0.5, 0.6) is 0 Å². The third-order valence-corrected chi connectivity index (χ3v) is 3.88. The van der Waals surface area contributed by atoms with Crippen LogP contribution in [0.2, 0.25) is 0 Å². The predicted molar refractivity (Wildman–Crippen MR) is 92.3 cm³/mol. The van der Waals surface area contributed by atoms with Gasteiger partial charge in [-0.05, 0) is 48.9 Å². The SMILES string of the molecule is C[C@H](N[C@@H](C)c1ccco1)C(=O)Nc1ccc2ccccc2c1. The van der Waals surface area contributed by atoms with Gasteiger partial charge < -0.3 is 9.73 Å². The maximum atomic E-state index is 12.3. The number of anilines is 1. The quantitative estimate of drug-likeness (QED) is 0.746. The van der Waals surface area contributed by atoms with E-state index in [1.54, 1.807) is 6.26 Å². The first kappa shape index (κ1) is 15.3. The minimum atomic E-state index is -0.332. The molecule has 2 atom stereocenters. The van der Waals surface area contributed by atoms with Gasteiger partial charge in [-0.2, -0.15) is 0 Å². The molecule has 2 aromatic carbocycles. The van der Waals surface area contributed by atoms with E-state index in [0.29, 0.717) is 0 Å². The van der Waals surface area contributed by atoms with Gasteiger partial charge >= 0.3 is 0 Å². The molecule has 0 fully saturated rings. The number of benzene rings is 2. The summed E-state index contributed by atoms with van der Waals surface area (Å²) in [5.74, 6) is 0.744. The third-order valence-electron chi connectivity index (χ3n) is 3.88. The van der Waals surface area contributed by atoms with E-state index in [1.807, 2.05) is 62.4 Å². The van der Waals surface area contributed by atoms with E-state index < -0.39 is 0 Å². The van der Waals surface area contributed by atoms with Crippen LogP contribution < -0.4 is 10.6 Å². The lowest BCUT2D eigenvalue weighted by Gasteiger charge is -2.18. The fourth-order valence-electron chi connectivity index (χ4n) is 2.59. The van der Waals surface area contributed by atoms with Gasteiger partial charge in [0.2, 0.25) is 5.91 Å². The van der Waals surface area contributed by atoms with Crippen molar-refractivity contribution in [2.24, 2.45) is 0 Å². The van der Waals surface area contributed by atoms with Crippen LogP contribution in [0.4, 0.5) is 5.69 Å². The Morgan fingerprint density at radius 1 is 1.00 bits per heavy atom. The zero-order valence-electron chi connectivity index (χ0n) is 13.2. The third kappa shape index (κ3) is 3.60. The monoisotopic (exact) mass is 308 g/mol. The van der Waals surface area contributed by atoms with Crippen LogP contribution in [-0.4, -0.2) is 11.9 Å². The van der Waals surface area contributed by atoms with Crippen molar-refractivity contribution in [3.05, 3.63) is 66.6 Å². The van der Waals surface area contributed by atoms with Gasteiger partial charge in [-0.3, -0.25) is 10.1 Å². The van der Waals surface area contributed by atoms with Crippen molar-refractivity contribution in [2.45, 2.75) is 25.9 Å². The minimum Gasteiger partial charge on any atom is -0.468 e. The topological polar surface area (TPSA) is 54.3 Å². The lowest BCUT2D eigenvalue weighted by molar-refractivity contribution is -0.118. The molecule has 2 N–H and O–H groups in total. The first-order valence-electron chi connectivity index (χ1n) is 7.72. The van der Waals surface area contributed by atoms with E-state index in [1.165, 1.54) is 0 Å². The highest BCUT2D eigenvalue weighted by molar-refractivity contribution is 5.97. The number of amides is 1. The van der Waals surface area contributed by atoms with E-state index in [-0.39, 0.29) is 18.0 Å². The molecule has 0 saturated carbocycles. The van der Waals surface area contributed by atoms with Crippen LogP contribution in [0.25, 0.3) is 10.8 Å². The van der Waals surface area contributed by atoms with Gasteiger partial charge in [0.15, 0.2) is 0 Å². The molecule has 4 heteroatoms. The number of hydrogen-bond acceptors (Lipinski definition) is 3. The van der Waals surface area contributed by atoms with Crippen molar-refractivity contribution in [2.75, 3.05) is 5.32 Å². The summed E-state index contributed by atoms with van der Waals surface area (Å²) in [4.78, 5) is 12.3. The van der Waals surface area contributed by atoms with Crippen molar-refractivity contribution in [3.8, 4) is 0 Å². The summed E-state index contributed by atoms with van der Waals surface area (Å²) < 4.78 is 5.35. The predicted octanol–water partition coefficient (Wildman–Crippen LogP) is 4.11. The molecule has 0 unspecified atom stereocenters. The summed E-state index contributed by atoms with van der Waals surface area (Å²) >= 11 is 0. The molecule has 1 heterocycles. The summed E-state index contributed by atoms with van der Waals surface area (Å²) in [5, 5.41) is 8.45. The van der Waals surface area contributed by atoms with Gasteiger partial charge in [0.1, 0.15) is 5.76 Å². The van der Waals surface area contributed by atoms with E-state index in [4.69, 9.17) is 4.42 Å². The van der Waals surface area contributed by atoms with E-state index in [0.717, 1.165) is 22.2 Å². The van der Waals surface area contributed by atoms with E-state index >= 15 is 0 Å². The summed E-state index contributed by atoms with van der Waals surface area (Å²) in [6.07, 6.45) is 1.63. The summed E-state index contributed by atoms with van der Waals surface area (Å²) in [5.41, 5.74) is 0.799. The fraction of sp³-hybridized carbons (Fsp3) is 0.211. The van der Waals surface area contributed by atoms with Crippen LogP contribution in [0, 0.1) is 0 Å². The molecule has 118 valence electrons. The Bertz CT molecular complexity index is 796. The number of hydrogen-bond donors (Lipinski definition) is 2. The molecule has 0 bridgehead atoms. The molecule has 0 aliphatic carbocycles. The number of fused-ring (bicyclic) bond motifs is 1. The van der Waals surface area contributed by atoms with Crippen molar-refractivity contribution in [1.82, 2.24) is 5.32 Å². The highest BCUT2D eigenvalue weighted by Crippen LogP contribution is 2.19. The molecular formula is C19H20N2O2. The molecule has 23 heavy (non-hydrogen) atoms. The van der Waals surface area contributed by atoms with Crippen molar-refractivity contribution < 1.29 is 9.21 Å². The second kappa shape index (κ2) is 6.67. The van der Waals surface area contributed by atoms with Crippen LogP contribution in [0.1, 0.15) is 25.6 Å². The highest BCUT2D eigenvalue weighted by Gasteiger charge is 2.17. The van der Waals surface area contributed by atoms with E-state index in [9.17, 15) is 4.79 Å². The van der Waals surface area contributed by atoms with Gasteiger partial charge in [-0.15, -0.1) is 0 Å². The maximum absolute atomic E-state index is 12.3. The second-order valence-electron chi connectivity index (χ2n) is 5.68. The van der Waals surface area contributed by atoms with E-state index in [2.05, 4.69) is 16.7 Å². The molecule has 0 aliphatic rings. The summed E-state index contributed by atoms with van der Waals surface area (Å²) in [7, 11) is 0. The lowest BCUT2D eigenvalue weighted by Crippen LogP contribution is -2.39. The number of nitrogens with one attached hydrogen (secondary N) is 2. The zero-order chi connectivity index (χ0) is 16.2. The zero-order valence-corrected chi connectivity index (χ0v) is 13.2. The molecule has 3 aromatic rings. The van der Waals surface area contributed by atoms with Gasteiger partial charge in [0.05, 0.1) is 18.3 Å². The molecule has 1 aromatic heterocycles. The van der Waals surface area contributed by atoms with Crippen molar-refractivity contribution >= 4 is 22.4 Å². The number of furan rings is 1. The van der Waals surface area contributed by atoms with Crippen LogP contribution in [0.15, 0.2) is 65.3 Å². The molecule has 0 radical (unpaired) electrons. The molecule has 0 spiro atoms. The Morgan fingerprint density at radius 2 is 1.78 bits per heavy atom. The molecule has 4 nitrogen and oxygen atoms in total. The molecule has 0 saturated heterocycles. The smallest absolute Gasteiger partial charge is 0.241 e. The normalized spacial score (nSPS) is 13.7. The first-order valence-corrected chi connectivity index (χ1v) is 7.72.